The topological polar surface area (TPSA) is 20.3 Å². The highest BCUT2D eigenvalue weighted by atomic mass is 35.5. The number of nitrogens with zero attached hydrogens (tertiary/aromatic N) is 1. The smallest absolute Gasteiger partial charge is 0.169 e. The van der Waals surface area contributed by atoms with Crippen LogP contribution in [-0.2, 0) is 13.0 Å². The summed E-state index contributed by atoms with van der Waals surface area (Å²) in [4.78, 5) is 15.4. The van der Waals surface area contributed by atoms with Crippen LogP contribution in [0.1, 0.15) is 40.7 Å². The zero-order valence-corrected chi connectivity index (χ0v) is 15.0. The van der Waals surface area contributed by atoms with Crippen LogP contribution >= 0.6 is 12.4 Å². The van der Waals surface area contributed by atoms with Gasteiger partial charge >= 0.3 is 0 Å². The summed E-state index contributed by atoms with van der Waals surface area (Å²) >= 11 is 0. The van der Waals surface area contributed by atoms with Crippen LogP contribution in [0.3, 0.4) is 0 Å². The molecule has 0 amide bonds. The zero-order valence-electron chi connectivity index (χ0n) is 14.2. The number of Topliss-reactive ketones (excluding diaryl/α,β-unsaturated/α-hetero) is 1. The predicted molar refractivity (Wildman–Crippen MR) is 99.7 cm³/mol. The van der Waals surface area contributed by atoms with Gasteiger partial charge in [-0.25, -0.2) is 4.39 Å². The number of ketones is 1. The molecule has 2 nitrogen and oxygen atoms in total. The van der Waals surface area contributed by atoms with Gasteiger partial charge in [0.1, 0.15) is 5.82 Å². The third-order valence-electron chi connectivity index (χ3n) is 5.75. The van der Waals surface area contributed by atoms with E-state index in [0.29, 0.717) is 5.78 Å². The second kappa shape index (κ2) is 7.27. The quantitative estimate of drug-likeness (QED) is 0.777. The third kappa shape index (κ3) is 3.49. The Morgan fingerprint density at radius 3 is 2.36 bits per heavy atom. The van der Waals surface area contributed by atoms with E-state index < -0.39 is 0 Å². The van der Waals surface area contributed by atoms with Crippen molar-refractivity contribution in [2.45, 2.75) is 32.2 Å². The Labute approximate surface area is 154 Å². The monoisotopic (exact) mass is 359 g/mol. The van der Waals surface area contributed by atoms with Gasteiger partial charge in [-0.15, -0.1) is 12.4 Å². The molecule has 2 aromatic carbocycles. The third-order valence-corrected chi connectivity index (χ3v) is 5.75. The highest BCUT2D eigenvalue weighted by Crippen LogP contribution is 2.43. The lowest BCUT2D eigenvalue weighted by Crippen LogP contribution is -2.46. The summed E-state index contributed by atoms with van der Waals surface area (Å²) in [5.41, 5.74) is 3.12. The van der Waals surface area contributed by atoms with E-state index in [0.717, 1.165) is 56.4 Å². The summed E-state index contributed by atoms with van der Waals surface area (Å²) in [7, 11) is 0. The van der Waals surface area contributed by atoms with Crippen molar-refractivity contribution >= 4 is 18.2 Å². The first kappa shape index (κ1) is 18.1. The Balaban J connectivity index is 0.00000182. The minimum Gasteiger partial charge on any atom is -0.299 e. The molecule has 4 heteroatoms. The number of halogens is 2. The molecule has 0 unspecified atom stereocenters. The fourth-order valence-corrected chi connectivity index (χ4v) is 4.20. The van der Waals surface area contributed by atoms with E-state index in [2.05, 4.69) is 11.0 Å². The normalized spacial score (nSPS) is 19.3. The van der Waals surface area contributed by atoms with Gasteiger partial charge in [0, 0.05) is 17.5 Å². The molecule has 0 aromatic heterocycles. The summed E-state index contributed by atoms with van der Waals surface area (Å²) in [6.45, 7) is 2.71. The first-order valence-electron chi connectivity index (χ1n) is 8.76. The average Bonchev–Trinajstić information content (AvgIpc) is 2.62. The molecule has 0 N–H and O–H groups in total. The van der Waals surface area contributed by atoms with Crippen molar-refractivity contribution in [1.29, 1.82) is 0 Å². The molecule has 0 saturated carbocycles. The van der Waals surface area contributed by atoms with Gasteiger partial charge in [-0.05, 0) is 62.0 Å². The van der Waals surface area contributed by atoms with Gasteiger partial charge in [0.05, 0.1) is 0 Å². The lowest BCUT2D eigenvalue weighted by molar-refractivity contribution is 0.0529. The number of rotatable bonds is 2. The molecule has 2 aliphatic rings. The molecular weight excluding hydrogens is 337 g/mol. The number of carbonyl (C=O) groups is 1. The van der Waals surface area contributed by atoms with Crippen LogP contribution in [0.2, 0.25) is 0 Å². The van der Waals surface area contributed by atoms with E-state index >= 15 is 0 Å². The van der Waals surface area contributed by atoms with E-state index in [9.17, 15) is 9.18 Å². The van der Waals surface area contributed by atoms with Crippen molar-refractivity contribution in [1.82, 2.24) is 4.90 Å². The molecule has 4 rings (SSSR count). The van der Waals surface area contributed by atoms with Gasteiger partial charge in [-0.1, -0.05) is 36.4 Å². The summed E-state index contributed by atoms with van der Waals surface area (Å²) < 4.78 is 13.0. The van der Waals surface area contributed by atoms with Crippen molar-refractivity contribution in [3.8, 4) is 0 Å². The van der Waals surface area contributed by atoms with E-state index in [4.69, 9.17) is 0 Å². The number of aryl methyl sites for hydroxylation is 1. The zero-order chi connectivity index (χ0) is 16.6. The molecule has 2 aromatic rings. The van der Waals surface area contributed by atoms with E-state index in [-0.39, 0.29) is 23.6 Å². The van der Waals surface area contributed by atoms with Crippen LogP contribution in [-0.4, -0.2) is 23.8 Å². The van der Waals surface area contributed by atoms with Gasteiger partial charge in [0.15, 0.2) is 5.78 Å². The number of likely N-dealkylation sites (tertiary alicyclic amines) is 1. The van der Waals surface area contributed by atoms with Crippen LogP contribution in [0, 0.1) is 11.2 Å². The summed E-state index contributed by atoms with van der Waals surface area (Å²) in [6.07, 6.45) is 3.86. The van der Waals surface area contributed by atoms with Gasteiger partial charge in [0.25, 0.3) is 0 Å². The molecule has 132 valence electrons. The molecule has 1 heterocycles. The minimum absolute atomic E-state index is 0. The Morgan fingerprint density at radius 1 is 0.960 bits per heavy atom. The molecular formula is C21H23ClFNO. The predicted octanol–water partition coefficient (Wildman–Crippen LogP) is 4.66. The van der Waals surface area contributed by atoms with E-state index in [1.54, 1.807) is 0 Å². The molecule has 0 bridgehead atoms. The van der Waals surface area contributed by atoms with Gasteiger partial charge in [-0.2, -0.15) is 0 Å². The maximum atomic E-state index is 13.0. The van der Waals surface area contributed by atoms with Gasteiger partial charge in [0.2, 0.25) is 0 Å². The number of piperidine rings is 1. The number of hydrogen-bond donors (Lipinski definition) is 0. The molecule has 25 heavy (non-hydrogen) atoms. The molecule has 1 spiro atoms. The fourth-order valence-electron chi connectivity index (χ4n) is 4.20. The number of benzene rings is 2. The lowest BCUT2D eigenvalue weighted by Gasteiger charge is -2.43. The summed E-state index contributed by atoms with van der Waals surface area (Å²) in [5, 5.41) is 0. The van der Waals surface area contributed by atoms with Crippen molar-refractivity contribution in [2.75, 3.05) is 13.1 Å². The van der Waals surface area contributed by atoms with Gasteiger partial charge < -0.3 is 0 Å². The maximum absolute atomic E-state index is 13.0. The average molecular weight is 360 g/mol. The Kier molecular flexibility index (Phi) is 5.26. The standard InChI is InChI=1S/C21H22FNO.ClH/c22-18-7-5-16(6-8-18)15-23-13-11-21(12-14-23)10-9-17-3-1-2-4-19(17)20(21)24;/h1-8H,9-15H2;1H. The van der Waals surface area contributed by atoms with E-state index in [1.165, 1.54) is 17.7 Å². The maximum Gasteiger partial charge on any atom is 0.169 e. The molecule has 1 aliphatic heterocycles. The van der Waals surface area contributed by atoms with Crippen LogP contribution in [0.5, 0.6) is 0 Å². The SMILES string of the molecule is Cl.O=C1c2ccccc2CCC12CCN(Cc1ccc(F)cc1)CC2. The van der Waals surface area contributed by atoms with Gasteiger partial charge in [-0.3, -0.25) is 9.69 Å². The first-order chi connectivity index (χ1) is 11.7. The minimum atomic E-state index is -0.192. The van der Waals surface area contributed by atoms with Crippen LogP contribution in [0.15, 0.2) is 48.5 Å². The van der Waals surface area contributed by atoms with Crippen LogP contribution in [0.25, 0.3) is 0 Å². The second-order valence-corrected chi connectivity index (χ2v) is 7.17. The summed E-state index contributed by atoms with van der Waals surface area (Å²) in [5.74, 6) is 0.161. The summed E-state index contributed by atoms with van der Waals surface area (Å²) in [6, 6.07) is 14.8. The first-order valence-corrected chi connectivity index (χ1v) is 8.76. The fraction of sp³-hybridized carbons (Fsp3) is 0.381. The Hall–Kier alpha value is -1.71. The number of fused-ring (bicyclic) bond motifs is 1. The molecule has 0 atom stereocenters. The molecule has 0 radical (unpaired) electrons. The van der Waals surface area contributed by atoms with E-state index in [1.807, 2.05) is 30.3 Å². The lowest BCUT2D eigenvalue weighted by atomic mass is 9.65. The van der Waals surface area contributed by atoms with Crippen LogP contribution in [0.4, 0.5) is 4.39 Å². The Bertz CT molecular complexity index is 751. The van der Waals surface area contributed by atoms with Crippen molar-refractivity contribution < 1.29 is 9.18 Å². The highest BCUT2D eigenvalue weighted by Gasteiger charge is 2.44. The second-order valence-electron chi connectivity index (χ2n) is 7.17. The Morgan fingerprint density at radius 2 is 1.64 bits per heavy atom. The molecule has 1 saturated heterocycles. The number of hydrogen-bond acceptors (Lipinski definition) is 2. The molecule has 1 aliphatic carbocycles. The van der Waals surface area contributed by atoms with Crippen molar-refractivity contribution in [3.05, 3.63) is 71.0 Å². The number of carbonyl (C=O) groups excluding carboxylic acids is 1. The van der Waals surface area contributed by atoms with Crippen molar-refractivity contribution in [2.24, 2.45) is 5.41 Å². The van der Waals surface area contributed by atoms with Crippen LogP contribution < -0.4 is 0 Å². The molecule has 1 fully saturated rings. The highest BCUT2D eigenvalue weighted by molar-refractivity contribution is 6.02. The van der Waals surface area contributed by atoms with Crippen molar-refractivity contribution in [3.63, 3.8) is 0 Å². The largest absolute Gasteiger partial charge is 0.299 e.